The van der Waals surface area contributed by atoms with E-state index in [-0.39, 0.29) is 11.8 Å². The number of carbonyl (C=O) groups excluding carboxylic acids is 2. The first-order valence-electron chi connectivity index (χ1n) is 7.94. The topological polar surface area (TPSA) is 71.1 Å². The average molecular weight is 440 g/mol. The molecule has 2 N–H and O–H groups in total. The summed E-state index contributed by atoms with van der Waals surface area (Å²) in [6.45, 7) is 1.87. The normalized spacial score (nSPS) is 10.6. The molecule has 3 rings (SSSR count). The Kier molecular flexibility index (Phi) is 6.49. The van der Waals surface area contributed by atoms with Gasteiger partial charge in [-0.1, -0.05) is 23.2 Å². The summed E-state index contributed by atoms with van der Waals surface area (Å²) in [6.07, 6.45) is 2.31. The fraction of sp³-hybridized carbons (Fsp3) is 0.167. The molecule has 0 unspecified atom stereocenters. The fourth-order valence-electron chi connectivity index (χ4n) is 2.28. The molecule has 5 nitrogen and oxygen atoms in total. The largest absolute Gasteiger partial charge is 0.351 e. The zero-order chi connectivity index (χ0) is 19.4. The predicted octanol–water partition coefficient (Wildman–Crippen LogP) is 4.99. The van der Waals surface area contributed by atoms with Crippen LogP contribution < -0.4 is 10.6 Å². The molecule has 0 aliphatic carbocycles. The third kappa shape index (κ3) is 5.52. The zero-order valence-electron chi connectivity index (χ0n) is 14.2. The van der Waals surface area contributed by atoms with Gasteiger partial charge in [-0.05, 0) is 35.9 Å². The third-order valence-corrected chi connectivity index (χ3v) is 6.14. The van der Waals surface area contributed by atoms with Crippen LogP contribution in [-0.2, 0) is 17.8 Å². The number of benzene rings is 1. The fourth-order valence-corrected chi connectivity index (χ4v) is 4.33. The molecule has 2 aromatic heterocycles. The molecule has 0 radical (unpaired) electrons. The molecule has 3 aromatic rings. The summed E-state index contributed by atoms with van der Waals surface area (Å²) < 4.78 is 0. The van der Waals surface area contributed by atoms with E-state index in [1.54, 1.807) is 24.4 Å². The Hall–Kier alpha value is -1.93. The first-order chi connectivity index (χ1) is 12.9. The molecule has 0 spiro atoms. The minimum absolute atomic E-state index is 0.107. The average Bonchev–Trinajstić information content (AvgIpc) is 3.26. The summed E-state index contributed by atoms with van der Waals surface area (Å²) in [5, 5.41) is 7.30. The second-order valence-electron chi connectivity index (χ2n) is 5.67. The van der Waals surface area contributed by atoms with E-state index >= 15 is 0 Å². The van der Waals surface area contributed by atoms with Crippen molar-refractivity contribution in [2.75, 3.05) is 5.32 Å². The van der Waals surface area contributed by atoms with Gasteiger partial charge in [-0.15, -0.1) is 22.7 Å². The number of thiophene rings is 1. The Balaban J connectivity index is 1.62. The molecule has 9 heteroatoms. The lowest BCUT2D eigenvalue weighted by atomic mass is 10.1. The second-order valence-corrected chi connectivity index (χ2v) is 8.80. The molecule has 0 bridgehead atoms. The molecule has 0 saturated carbocycles. The van der Waals surface area contributed by atoms with E-state index in [1.165, 1.54) is 29.6 Å². The van der Waals surface area contributed by atoms with Crippen LogP contribution in [0.5, 0.6) is 0 Å². The van der Waals surface area contributed by atoms with Gasteiger partial charge in [0, 0.05) is 39.3 Å². The zero-order valence-corrected chi connectivity index (χ0v) is 17.4. The number of amides is 2. The molecular weight excluding hydrogens is 425 g/mol. The summed E-state index contributed by atoms with van der Waals surface area (Å²) >= 11 is 14.9. The van der Waals surface area contributed by atoms with Crippen LogP contribution in [0, 0.1) is 0 Å². The van der Waals surface area contributed by atoms with Gasteiger partial charge in [0.2, 0.25) is 5.91 Å². The number of anilines is 1. The van der Waals surface area contributed by atoms with Crippen LogP contribution in [0.25, 0.3) is 0 Å². The van der Waals surface area contributed by atoms with Crippen LogP contribution in [0.3, 0.4) is 0 Å². The van der Waals surface area contributed by atoms with Gasteiger partial charge in [0.1, 0.15) is 0 Å². The molecule has 1 aromatic carbocycles. The van der Waals surface area contributed by atoms with Gasteiger partial charge in [0.15, 0.2) is 5.13 Å². The van der Waals surface area contributed by atoms with Crippen LogP contribution in [0.1, 0.15) is 31.9 Å². The number of hydrogen-bond acceptors (Lipinski definition) is 5. The van der Waals surface area contributed by atoms with Crippen LogP contribution in [0.4, 0.5) is 5.13 Å². The maximum absolute atomic E-state index is 12.4. The van der Waals surface area contributed by atoms with Gasteiger partial charge in [-0.3, -0.25) is 14.9 Å². The van der Waals surface area contributed by atoms with Crippen LogP contribution in [0.15, 0.2) is 36.5 Å². The Bertz CT molecular complexity index is 985. The Morgan fingerprint density at radius 1 is 1.11 bits per heavy atom. The molecule has 27 heavy (non-hydrogen) atoms. The van der Waals surface area contributed by atoms with Crippen molar-refractivity contribution in [2.24, 2.45) is 0 Å². The number of nitrogens with zero attached hydrogens (tertiary/aromatic N) is 1. The smallest absolute Gasteiger partial charge is 0.267 e. The highest BCUT2D eigenvalue weighted by molar-refractivity contribution is 7.16. The minimum Gasteiger partial charge on any atom is -0.351 e. The number of aromatic nitrogens is 1. The van der Waals surface area contributed by atoms with Gasteiger partial charge in [-0.2, -0.15) is 0 Å². The van der Waals surface area contributed by atoms with Gasteiger partial charge in [0.25, 0.3) is 5.91 Å². The molecule has 140 valence electrons. The van der Waals surface area contributed by atoms with E-state index in [1.807, 2.05) is 12.1 Å². The van der Waals surface area contributed by atoms with Crippen molar-refractivity contribution < 1.29 is 9.59 Å². The minimum atomic E-state index is -0.226. The van der Waals surface area contributed by atoms with Crippen molar-refractivity contribution in [2.45, 2.75) is 19.9 Å². The highest BCUT2D eigenvalue weighted by atomic mass is 35.5. The molecule has 2 amide bonds. The number of nitrogens with one attached hydrogen (secondary N) is 2. The highest BCUT2D eigenvalue weighted by Gasteiger charge is 2.13. The Morgan fingerprint density at radius 3 is 2.70 bits per heavy atom. The molecule has 0 aliphatic heterocycles. The van der Waals surface area contributed by atoms with E-state index in [9.17, 15) is 9.59 Å². The van der Waals surface area contributed by atoms with E-state index < -0.39 is 0 Å². The van der Waals surface area contributed by atoms with Crippen molar-refractivity contribution >= 4 is 62.8 Å². The highest BCUT2D eigenvalue weighted by Crippen LogP contribution is 2.27. The lowest BCUT2D eigenvalue weighted by Gasteiger charge is -2.02. The summed E-state index contributed by atoms with van der Waals surface area (Å²) in [4.78, 5) is 30.0. The summed E-state index contributed by atoms with van der Waals surface area (Å²) in [5.74, 6) is -0.333. The van der Waals surface area contributed by atoms with Gasteiger partial charge >= 0.3 is 0 Å². The number of halogens is 2. The SMILES string of the molecule is CC(=O)NCc1ccc(C(=O)Nc2ncc(Cc3cc(Cl)ccc3Cl)s2)s1. The number of carbonyl (C=O) groups is 2. The van der Waals surface area contributed by atoms with Crippen molar-refractivity contribution in [3.63, 3.8) is 0 Å². The molecule has 0 saturated heterocycles. The first-order valence-corrected chi connectivity index (χ1v) is 10.3. The number of rotatable bonds is 6. The quantitative estimate of drug-likeness (QED) is 0.567. The monoisotopic (exact) mass is 439 g/mol. The standard InChI is InChI=1S/C18H15Cl2N3O2S2/c1-10(24)21-8-13-3-5-16(26-13)17(25)23-18-22-9-14(27-18)7-11-6-12(19)2-4-15(11)20/h2-6,9H,7-8H2,1H3,(H,21,24)(H,22,23,25). The van der Waals surface area contributed by atoms with Crippen molar-refractivity contribution in [3.05, 3.63) is 66.8 Å². The molecular formula is C18H15Cl2N3O2S2. The summed E-state index contributed by atoms with van der Waals surface area (Å²) in [5.41, 5.74) is 0.909. The predicted molar refractivity (Wildman–Crippen MR) is 111 cm³/mol. The van der Waals surface area contributed by atoms with E-state index in [0.29, 0.717) is 33.0 Å². The van der Waals surface area contributed by atoms with Gasteiger partial charge in [0.05, 0.1) is 11.4 Å². The molecule has 0 atom stereocenters. The second kappa shape index (κ2) is 8.84. The maximum Gasteiger partial charge on any atom is 0.267 e. The maximum atomic E-state index is 12.4. The van der Waals surface area contributed by atoms with Crippen LogP contribution >= 0.6 is 45.9 Å². The number of hydrogen-bond donors (Lipinski definition) is 2. The van der Waals surface area contributed by atoms with Gasteiger partial charge in [-0.25, -0.2) is 4.98 Å². The lowest BCUT2D eigenvalue weighted by molar-refractivity contribution is -0.119. The summed E-state index contributed by atoms with van der Waals surface area (Å²) in [7, 11) is 0. The molecule has 2 heterocycles. The van der Waals surface area contributed by atoms with E-state index in [4.69, 9.17) is 23.2 Å². The van der Waals surface area contributed by atoms with Crippen molar-refractivity contribution in [3.8, 4) is 0 Å². The van der Waals surface area contributed by atoms with Crippen LogP contribution in [0.2, 0.25) is 10.0 Å². The first kappa shape index (κ1) is 19.8. The lowest BCUT2D eigenvalue weighted by Crippen LogP contribution is -2.18. The Labute approximate surface area is 174 Å². The Morgan fingerprint density at radius 2 is 1.93 bits per heavy atom. The van der Waals surface area contributed by atoms with Crippen molar-refractivity contribution in [1.82, 2.24) is 10.3 Å². The van der Waals surface area contributed by atoms with Gasteiger partial charge < -0.3 is 5.32 Å². The van der Waals surface area contributed by atoms with E-state index in [0.717, 1.165) is 15.3 Å². The third-order valence-electron chi connectivity index (χ3n) is 3.54. The molecule has 0 fully saturated rings. The summed E-state index contributed by atoms with van der Waals surface area (Å²) in [6, 6.07) is 8.89. The van der Waals surface area contributed by atoms with Crippen molar-refractivity contribution in [1.29, 1.82) is 0 Å². The number of thiazole rings is 1. The molecule has 0 aliphatic rings. The van der Waals surface area contributed by atoms with E-state index in [2.05, 4.69) is 15.6 Å². The van der Waals surface area contributed by atoms with Crippen LogP contribution in [-0.4, -0.2) is 16.8 Å².